The van der Waals surface area contributed by atoms with Gasteiger partial charge in [0.05, 0.1) is 12.5 Å². The molecule has 2 atom stereocenters. The number of nitrogens with two attached hydrogens (primary N) is 1. The molecular weight excluding hydrogens is 300 g/mol. The van der Waals surface area contributed by atoms with Crippen molar-refractivity contribution in [2.24, 2.45) is 17.6 Å². The first-order valence-corrected chi connectivity index (χ1v) is 9.39. The maximum atomic E-state index is 12.3. The van der Waals surface area contributed by atoms with Crippen LogP contribution in [-0.4, -0.2) is 32.2 Å². The lowest BCUT2D eigenvalue weighted by Gasteiger charge is -2.35. The SMILES string of the molecule is CCCC(Cc1ccccc1N1CCCC(CN)C1)C(=O)OCC. The number of carbonyl (C=O) groups excluding carboxylic acids is 1. The van der Waals surface area contributed by atoms with E-state index in [0.717, 1.165) is 38.9 Å². The van der Waals surface area contributed by atoms with Crippen LogP contribution in [0.2, 0.25) is 0 Å². The Hall–Kier alpha value is -1.55. The summed E-state index contributed by atoms with van der Waals surface area (Å²) in [4.78, 5) is 14.7. The minimum atomic E-state index is -0.0624. The zero-order valence-corrected chi connectivity index (χ0v) is 15.2. The van der Waals surface area contributed by atoms with E-state index in [9.17, 15) is 4.79 Å². The van der Waals surface area contributed by atoms with Gasteiger partial charge >= 0.3 is 5.97 Å². The predicted molar refractivity (Wildman–Crippen MR) is 99.2 cm³/mol. The number of hydrogen-bond acceptors (Lipinski definition) is 4. The van der Waals surface area contributed by atoms with Gasteiger partial charge < -0.3 is 15.4 Å². The Bertz CT molecular complexity index is 518. The minimum Gasteiger partial charge on any atom is -0.466 e. The van der Waals surface area contributed by atoms with Crippen molar-refractivity contribution in [3.63, 3.8) is 0 Å². The maximum Gasteiger partial charge on any atom is 0.309 e. The summed E-state index contributed by atoms with van der Waals surface area (Å²) >= 11 is 0. The molecule has 0 spiro atoms. The molecule has 1 aliphatic heterocycles. The number of benzene rings is 1. The molecular formula is C20H32N2O2. The zero-order valence-electron chi connectivity index (χ0n) is 15.2. The van der Waals surface area contributed by atoms with E-state index < -0.39 is 0 Å². The highest BCUT2D eigenvalue weighted by Crippen LogP contribution is 2.29. The van der Waals surface area contributed by atoms with Crippen LogP contribution in [0, 0.1) is 11.8 Å². The van der Waals surface area contributed by atoms with Gasteiger partial charge in [0.2, 0.25) is 0 Å². The standard InChI is InChI=1S/C20H32N2O2/c1-3-8-18(20(23)24-4-2)13-17-10-5-6-11-19(17)22-12-7-9-16(14-21)15-22/h5-6,10-11,16,18H,3-4,7-9,12-15,21H2,1-2H3. The molecule has 0 amide bonds. The van der Waals surface area contributed by atoms with E-state index in [4.69, 9.17) is 10.5 Å². The molecule has 2 unspecified atom stereocenters. The Morgan fingerprint density at radius 3 is 2.88 bits per heavy atom. The largest absolute Gasteiger partial charge is 0.466 e. The highest BCUT2D eigenvalue weighted by molar-refractivity contribution is 5.73. The molecule has 1 aromatic rings. The van der Waals surface area contributed by atoms with Crippen LogP contribution in [0.1, 0.15) is 45.1 Å². The van der Waals surface area contributed by atoms with Crippen molar-refractivity contribution in [3.8, 4) is 0 Å². The molecule has 1 saturated heterocycles. The average molecular weight is 332 g/mol. The molecule has 1 heterocycles. The number of ether oxygens (including phenoxy) is 1. The Morgan fingerprint density at radius 2 is 2.17 bits per heavy atom. The number of carbonyl (C=O) groups is 1. The summed E-state index contributed by atoms with van der Waals surface area (Å²) in [6, 6.07) is 8.49. The summed E-state index contributed by atoms with van der Waals surface area (Å²) in [5.74, 6) is 0.460. The van der Waals surface area contributed by atoms with Crippen molar-refractivity contribution in [3.05, 3.63) is 29.8 Å². The van der Waals surface area contributed by atoms with E-state index in [-0.39, 0.29) is 11.9 Å². The first-order chi connectivity index (χ1) is 11.7. The van der Waals surface area contributed by atoms with E-state index >= 15 is 0 Å². The number of rotatable bonds is 8. The van der Waals surface area contributed by atoms with Gasteiger partial charge in [-0.05, 0) is 56.7 Å². The second kappa shape index (κ2) is 9.67. The Labute approximate surface area is 146 Å². The summed E-state index contributed by atoms with van der Waals surface area (Å²) in [6.45, 7) is 7.28. The van der Waals surface area contributed by atoms with Crippen molar-refractivity contribution < 1.29 is 9.53 Å². The van der Waals surface area contributed by atoms with Crippen LogP contribution >= 0.6 is 0 Å². The van der Waals surface area contributed by atoms with Gasteiger partial charge in [0.25, 0.3) is 0 Å². The van der Waals surface area contributed by atoms with E-state index in [1.807, 2.05) is 6.92 Å². The topological polar surface area (TPSA) is 55.6 Å². The van der Waals surface area contributed by atoms with Gasteiger partial charge in [-0.15, -0.1) is 0 Å². The van der Waals surface area contributed by atoms with Crippen molar-refractivity contribution in [2.75, 3.05) is 31.1 Å². The predicted octanol–water partition coefficient (Wildman–Crippen LogP) is 3.38. The van der Waals surface area contributed by atoms with Crippen LogP contribution in [0.25, 0.3) is 0 Å². The minimum absolute atomic E-state index is 0.0498. The molecule has 2 N–H and O–H groups in total. The third kappa shape index (κ3) is 4.97. The number of hydrogen-bond donors (Lipinski definition) is 1. The fourth-order valence-corrected chi connectivity index (χ4v) is 3.65. The van der Waals surface area contributed by atoms with Gasteiger partial charge in [-0.25, -0.2) is 0 Å². The van der Waals surface area contributed by atoms with Crippen molar-refractivity contribution >= 4 is 11.7 Å². The molecule has 24 heavy (non-hydrogen) atoms. The van der Waals surface area contributed by atoms with Crippen LogP contribution in [0.15, 0.2) is 24.3 Å². The molecule has 4 heteroatoms. The van der Waals surface area contributed by atoms with Gasteiger partial charge in [-0.2, -0.15) is 0 Å². The average Bonchev–Trinajstić information content (AvgIpc) is 2.62. The van der Waals surface area contributed by atoms with E-state index in [2.05, 4.69) is 36.1 Å². The molecule has 1 aliphatic rings. The normalized spacial score (nSPS) is 19.1. The Balaban J connectivity index is 2.16. The van der Waals surface area contributed by atoms with Gasteiger partial charge in [0.1, 0.15) is 0 Å². The van der Waals surface area contributed by atoms with Crippen LogP contribution in [0.3, 0.4) is 0 Å². The number of anilines is 1. The fourth-order valence-electron chi connectivity index (χ4n) is 3.65. The summed E-state index contributed by atoms with van der Waals surface area (Å²) < 4.78 is 5.28. The Kier molecular flexibility index (Phi) is 7.57. The highest BCUT2D eigenvalue weighted by Gasteiger charge is 2.24. The van der Waals surface area contributed by atoms with Crippen molar-refractivity contribution in [1.29, 1.82) is 0 Å². The quantitative estimate of drug-likeness (QED) is 0.742. The molecule has 2 rings (SSSR count). The number of esters is 1. The molecule has 0 radical (unpaired) electrons. The van der Waals surface area contributed by atoms with Crippen LogP contribution in [0.4, 0.5) is 5.69 Å². The number of piperidine rings is 1. The lowest BCUT2D eigenvalue weighted by Crippen LogP contribution is -2.39. The van der Waals surface area contributed by atoms with Gasteiger partial charge in [0.15, 0.2) is 0 Å². The lowest BCUT2D eigenvalue weighted by atomic mass is 9.92. The molecule has 0 aromatic heterocycles. The second-order valence-electron chi connectivity index (χ2n) is 6.76. The number of nitrogens with zero attached hydrogens (tertiary/aromatic N) is 1. The molecule has 0 saturated carbocycles. The molecule has 0 aliphatic carbocycles. The molecule has 1 fully saturated rings. The summed E-state index contributed by atoms with van der Waals surface area (Å²) in [5.41, 5.74) is 8.40. The molecule has 4 nitrogen and oxygen atoms in total. The summed E-state index contributed by atoms with van der Waals surface area (Å²) in [5, 5.41) is 0. The van der Waals surface area contributed by atoms with E-state index in [0.29, 0.717) is 12.5 Å². The second-order valence-corrected chi connectivity index (χ2v) is 6.76. The Morgan fingerprint density at radius 1 is 1.38 bits per heavy atom. The molecule has 1 aromatic carbocycles. The third-order valence-corrected chi connectivity index (χ3v) is 4.91. The highest BCUT2D eigenvalue weighted by atomic mass is 16.5. The monoisotopic (exact) mass is 332 g/mol. The first-order valence-electron chi connectivity index (χ1n) is 9.39. The van der Waals surface area contributed by atoms with Crippen LogP contribution in [-0.2, 0) is 16.0 Å². The molecule has 0 bridgehead atoms. The van der Waals surface area contributed by atoms with Gasteiger partial charge in [-0.3, -0.25) is 4.79 Å². The summed E-state index contributed by atoms with van der Waals surface area (Å²) in [6.07, 6.45) is 5.03. The van der Waals surface area contributed by atoms with Crippen molar-refractivity contribution in [1.82, 2.24) is 0 Å². The third-order valence-electron chi connectivity index (χ3n) is 4.91. The fraction of sp³-hybridized carbons (Fsp3) is 0.650. The maximum absolute atomic E-state index is 12.3. The van der Waals surface area contributed by atoms with E-state index in [1.165, 1.54) is 24.1 Å². The smallest absolute Gasteiger partial charge is 0.309 e. The number of para-hydroxylation sites is 1. The van der Waals surface area contributed by atoms with Crippen LogP contribution in [0.5, 0.6) is 0 Å². The van der Waals surface area contributed by atoms with Gasteiger partial charge in [-0.1, -0.05) is 31.5 Å². The lowest BCUT2D eigenvalue weighted by molar-refractivity contribution is -0.148. The van der Waals surface area contributed by atoms with E-state index in [1.54, 1.807) is 0 Å². The van der Waals surface area contributed by atoms with Crippen molar-refractivity contribution in [2.45, 2.75) is 46.0 Å². The van der Waals surface area contributed by atoms with Crippen LogP contribution < -0.4 is 10.6 Å². The molecule has 134 valence electrons. The van der Waals surface area contributed by atoms with Gasteiger partial charge in [0, 0.05) is 18.8 Å². The first kappa shape index (κ1) is 18.8. The zero-order chi connectivity index (χ0) is 17.4. The summed E-state index contributed by atoms with van der Waals surface area (Å²) in [7, 11) is 0.